The molecule has 1 aliphatic carbocycles. The van der Waals surface area contributed by atoms with E-state index in [1.165, 1.54) is 12.1 Å². The molecular formula is C18H27N3O2S. The Bertz CT molecular complexity index is 629. The van der Waals surface area contributed by atoms with Crippen molar-refractivity contribution in [2.75, 3.05) is 19.5 Å². The maximum absolute atomic E-state index is 5.33. The van der Waals surface area contributed by atoms with E-state index in [1.54, 1.807) is 14.2 Å². The number of nitrogens with one attached hydrogen (secondary N) is 2. The first-order chi connectivity index (χ1) is 11.3. The van der Waals surface area contributed by atoms with Crippen LogP contribution in [0.5, 0.6) is 11.5 Å². The minimum atomic E-state index is 0.302. The average Bonchev–Trinajstić information content (AvgIpc) is 2.51. The van der Waals surface area contributed by atoms with E-state index in [0.717, 1.165) is 18.5 Å². The molecule has 1 atom stereocenters. The van der Waals surface area contributed by atoms with Gasteiger partial charge in [0.1, 0.15) is 0 Å². The first kappa shape index (κ1) is 18.5. The van der Waals surface area contributed by atoms with Crippen LogP contribution in [0.15, 0.2) is 23.3 Å². The van der Waals surface area contributed by atoms with Crippen molar-refractivity contribution in [3.05, 3.63) is 18.2 Å². The number of nitrogens with zero attached hydrogens (tertiary/aromatic N) is 1. The molecule has 0 heterocycles. The number of rotatable bonds is 4. The molecule has 132 valence electrons. The molecule has 0 aliphatic heterocycles. The third kappa shape index (κ3) is 5.09. The van der Waals surface area contributed by atoms with Gasteiger partial charge >= 0.3 is 0 Å². The summed E-state index contributed by atoms with van der Waals surface area (Å²) < 4.78 is 10.5. The van der Waals surface area contributed by atoms with Gasteiger partial charge in [0.25, 0.3) is 0 Å². The standard InChI is InChI=1S/C18H27N3O2S/c1-12-8-14(11-18(2,3)10-12)20-21-17(24)19-13-6-7-15(22-4)16(9-13)23-5/h6-7,9,12H,8,10-11H2,1-5H3,(H2,19,21,24)/b20-14-. The lowest BCUT2D eigenvalue weighted by Gasteiger charge is -2.34. The summed E-state index contributed by atoms with van der Waals surface area (Å²) in [5.74, 6) is 1.99. The smallest absolute Gasteiger partial charge is 0.191 e. The number of benzene rings is 1. The Morgan fingerprint density at radius 3 is 2.58 bits per heavy atom. The number of methoxy groups -OCH3 is 2. The quantitative estimate of drug-likeness (QED) is 0.630. The van der Waals surface area contributed by atoms with E-state index in [4.69, 9.17) is 21.7 Å². The summed E-state index contributed by atoms with van der Waals surface area (Å²) in [6.45, 7) is 6.85. The summed E-state index contributed by atoms with van der Waals surface area (Å²) in [6.07, 6.45) is 3.26. The highest BCUT2D eigenvalue weighted by Crippen LogP contribution is 2.36. The van der Waals surface area contributed by atoms with Crippen molar-refractivity contribution >= 4 is 28.7 Å². The number of hydrogen-bond acceptors (Lipinski definition) is 4. The van der Waals surface area contributed by atoms with Crippen molar-refractivity contribution in [1.82, 2.24) is 5.43 Å². The Morgan fingerprint density at radius 2 is 1.96 bits per heavy atom. The van der Waals surface area contributed by atoms with E-state index >= 15 is 0 Å². The van der Waals surface area contributed by atoms with E-state index in [2.05, 4.69) is 36.6 Å². The molecular weight excluding hydrogens is 322 g/mol. The Kier molecular flexibility index (Phi) is 6.04. The van der Waals surface area contributed by atoms with Gasteiger partial charge in [0, 0.05) is 17.5 Å². The fraction of sp³-hybridized carbons (Fsp3) is 0.556. The van der Waals surface area contributed by atoms with Gasteiger partial charge in [-0.1, -0.05) is 20.8 Å². The monoisotopic (exact) mass is 349 g/mol. The fourth-order valence-electron chi connectivity index (χ4n) is 3.40. The van der Waals surface area contributed by atoms with Gasteiger partial charge in [0.2, 0.25) is 0 Å². The predicted molar refractivity (Wildman–Crippen MR) is 103 cm³/mol. The first-order valence-electron chi connectivity index (χ1n) is 8.17. The fourth-order valence-corrected chi connectivity index (χ4v) is 3.57. The predicted octanol–water partition coefficient (Wildman–Crippen LogP) is 4.19. The Hall–Kier alpha value is -1.82. The Labute approximate surface area is 149 Å². The molecule has 2 rings (SSSR count). The van der Waals surface area contributed by atoms with Crippen LogP contribution in [0.4, 0.5) is 5.69 Å². The normalized spacial score (nSPS) is 21.2. The van der Waals surface area contributed by atoms with Crippen molar-refractivity contribution in [2.24, 2.45) is 16.4 Å². The van der Waals surface area contributed by atoms with E-state index in [1.807, 2.05) is 18.2 Å². The number of hydrogen-bond donors (Lipinski definition) is 2. The van der Waals surface area contributed by atoms with Crippen LogP contribution in [0.3, 0.4) is 0 Å². The van der Waals surface area contributed by atoms with Gasteiger partial charge in [0.05, 0.1) is 14.2 Å². The highest BCUT2D eigenvalue weighted by Gasteiger charge is 2.29. The van der Waals surface area contributed by atoms with Gasteiger partial charge in [-0.05, 0) is 54.9 Å². The van der Waals surface area contributed by atoms with Crippen LogP contribution in [0, 0.1) is 11.3 Å². The van der Waals surface area contributed by atoms with Crippen LogP contribution in [0.1, 0.15) is 40.0 Å². The zero-order valence-electron chi connectivity index (χ0n) is 15.1. The van der Waals surface area contributed by atoms with E-state index in [-0.39, 0.29) is 0 Å². The van der Waals surface area contributed by atoms with Gasteiger partial charge in [0.15, 0.2) is 16.6 Å². The van der Waals surface area contributed by atoms with Gasteiger partial charge in [-0.2, -0.15) is 5.10 Å². The molecule has 1 aliphatic rings. The summed E-state index contributed by atoms with van der Waals surface area (Å²) in [7, 11) is 3.22. The summed E-state index contributed by atoms with van der Waals surface area (Å²) in [4.78, 5) is 0. The molecule has 5 nitrogen and oxygen atoms in total. The van der Waals surface area contributed by atoms with Crippen LogP contribution in [-0.2, 0) is 0 Å². The number of hydrazone groups is 1. The molecule has 0 saturated heterocycles. The van der Waals surface area contributed by atoms with Crippen LogP contribution >= 0.6 is 12.2 Å². The molecule has 1 aromatic carbocycles. The Morgan fingerprint density at radius 1 is 1.25 bits per heavy atom. The molecule has 6 heteroatoms. The van der Waals surface area contributed by atoms with Crippen LogP contribution in [-0.4, -0.2) is 25.0 Å². The number of thiocarbonyl (C=S) groups is 1. The van der Waals surface area contributed by atoms with Crippen LogP contribution in [0.25, 0.3) is 0 Å². The summed E-state index contributed by atoms with van der Waals surface area (Å²) >= 11 is 5.33. The zero-order valence-corrected chi connectivity index (χ0v) is 15.9. The van der Waals surface area contributed by atoms with Crippen molar-refractivity contribution < 1.29 is 9.47 Å². The van der Waals surface area contributed by atoms with Gasteiger partial charge in [-0.25, -0.2) is 0 Å². The molecule has 1 unspecified atom stereocenters. The largest absolute Gasteiger partial charge is 0.493 e. The molecule has 1 fully saturated rings. The lowest BCUT2D eigenvalue weighted by atomic mass is 9.72. The van der Waals surface area contributed by atoms with E-state index < -0.39 is 0 Å². The molecule has 1 aromatic rings. The second-order valence-corrected chi connectivity index (χ2v) is 7.58. The average molecular weight is 350 g/mol. The molecule has 0 bridgehead atoms. The molecule has 0 spiro atoms. The van der Waals surface area contributed by atoms with Crippen LogP contribution in [0.2, 0.25) is 0 Å². The maximum Gasteiger partial charge on any atom is 0.191 e. The summed E-state index contributed by atoms with van der Waals surface area (Å²) in [5.41, 5.74) is 5.26. The molecule has 1 saturated carbocycles. The highest BCUT2D eigenvalue weighted by atomic mass is 32.1. The van der Waals surface area contributed by atoms with Gasteiger partial charge < -0.3 is 14.8 Å². The van der Waals surface area contributed by atoms with Crippen molar-refractivity contribution in [1.29, 1.82) is 0 Å². The molecule has 0 aromatic heterocycles. The lowest BCUT2D eigenvalue weighted by molar-refractivity contribution is 0.265. The van der Waals surface area contributed by atoms with Crippen molar-refractivity contribution in [2.45, 2.75) is 40.0 Å². The van der Waals surface area contributed by atoms with Crippen molar-refractivity contribution in [3.63, 3.8) is 0 Å². The topological polar surface area (TPSA) is 54.9 Å². The Balaban J connectivity index is 1.97. The summed E-state index contributed by atoms with van der Waals surface area (Å²) in [5, 5.41) is 8.09. The van der Waals surface area contributed by atoms with Gasteiger partial charge in [-0.15, -0.1) is 0 Å². The second-order valence-electron chi connectivity index (χ2n) is 7.17. The number of anilines is 1. The van der Waals surface area contributed by atoms with E-state index in [9.17, 15) is 0 Å². The second kappa shape index (κ2) is 7.83. The third-order valence-corrected chi connectivity index (χ3v) is 4.32. The van der Waals surface area contributed by atoms with E-state index in [0.29, 0.717) is 27.9 Å². The number of ether oxygens (including phenoxy) is 2. The van der Waals surface area contributed by atoms with Crippen LogP contribution < -0.4 is 20.2 Å². The molecule has 0 radical (unpaired) electrons. The maximum atomic E-state index is 5.33. The minimum Gasteiger partial charge on any atom is -0.493 e. The molecule has 0 amide bonds. The zero-order chi connectivity index (χ0) is 17.7. The first-order valence-corrected chi connectivity index (χ1v) is 8.58. The third-order valence-electron chi connectivity index (χ3n) is 4.12. The lowest BCUT2D eigenvalue weighted by Crippen LogP contribution is -2.31. The minimum absolute atomic E-state index is 0.302. The molecule has 2 N–H and O–H groups in total. The highest BCUT2D eigenvalue weighted by molar-refractivity contribution is 7.80. The van der Waals surface area contributed by atoms with Crippen molar-refractivity contribution in [3.8, 4) is 11.5 Å². The molecule has 24 heavy (non-hydrogen) atoms. The van der Waals surface area contributed by atoms with Gasteiger partial charge in [-0.3, -0.25) is 5.43 Å². The summed E-state index contributed by atoms with van der Waals surface area (Å²) in [6, 6.07) is 5.56. The SMILES string of the molecule is COc1ccc(NC(=S)N/N=C2/CC(C)CC(C)(C)C2)cc1OC.